The van der Waals surface area contributed by atoms with E-state index in [0.717, 1.165) is 25.6 Å². The number of rotatable bonds is 3. The molecule has 0 bridgehead atoms. The van der Waals surface area contributed by atoms with E-state index in [0.29, 0.717) is 30.2 Å². The van der Waals surface area contributed by atoms with Gasteiger partial charge in [-0.3, -0.25) is 4.79 Å². The van der Waals surface area contributed by atoms with E-state index in [2.05, 4.69) is 21.4 Å². The normalized spacial score (nSPS) is 15.9. The smallest absolute Gasteiger partial charge is 0.254 e. The van der Waals surface area contributed by atoms with Crippen molar-refractivity contribution in [1.29, 1.82) is 0 Å². The Bertz CT molecular complexity index is 756. The van der Waals surface area contributed by atoms with Gasteiger partial charge in [0.25, 0.3) is 5.91 Å². The Morgan fingerprint density at radius 1 is 1.16 bits per heavy atom. The number of aryl methyl sites for hydroxylation is 1. The van der Waals surface area contributed by atoms with Crippen LogP contribution in [0.3, 0.4) is 0 Å². The lowest BCUT2D eigenvalue weighted by molar-refractivity contribution is 0.0745. The predicted octanol–water partition coefficient (Wildman–Crippen LogP) is 2.02. The van der Waals surface area contributed by atoms with E-state index in [1.165, 1.54) is 0 Å². The van der Waals surface area contributed by atoms with E-state index < -0.39 is 0 Å². The van der Waals surface area contributed by atoms with E-state index in [1.807, 2.05) is 17.3 Å². The molecule has 0 atom stereocenters. The Balaban J connectivity index is 0.00000182. The van der Waals surface area contributed by atoms with Crippen LogP contribution in [0.1, 0.15) is 17.3 Å². The summed E-state index contributed by atoms with van der Waals surface area (Å²) >= 11 is 0. The maximum absolute atomic E-state index is 12.7. The molecule has 0 aliphatic carbocycles. The van der Waals surface area contributed by atoms with Gasteiger partial charge in [0, 0.05) is 50.7 Å². The molecule has 1 aromatic carbocycles. The molecule has 2 aliphatic heterocycles. The second-order valence-electron chi connectivity index (χ2n) is 5.86. The highest BCUT2D eigenvalue weighted by Gasteiger charge is 2.25. The van der Waals surface area contributed by atoms with Crippen molar-refractivity contribution in [1.82, 2.24) is 14.5 Å². The molecule has 0 spiro atoms. The Labute approximate surface area is 152 Å². The van der Waals surface area contributed by atoms with Crippen LogP contribution in [0.4, 0.5) is 5.95 Å². The minimum absolute atomic E-state index is 0. The number of halogens is 1. The van der Waals surface area contributed by atoms with E-state index in [4.69, 9.17) is 9.47 Å². The number of amides is 1. The van der Waals surface area contributed by atoms with Crippen molar-refractivity contribution >= 4 is 24.3 Å². The van der Waals surface area contributed by atoms with Crippen molar-refractivity contribution in [3.63, 3.8) is 0 Å². The van der Waals surface area contributed by atoms with Gasteiger partial charge in [-0.05, 0) is 25.1 Å². The molecule has 0 N–H and O–H groups in total. The fraction of sp³-hybridized carbons (Fsp3) is 0.412. The molecular formula is C17H21ClN4O3. The second-order valence-corrected chi connectivity index (χ2v) is 5.86. The highest BCUT2D eigenvalue weighted by Crippen LogP contribution is 2.32. The number of carbonyl (C=O) groups excluding carboxylic acids is 1. The first-order valence-electron chi connectivity index (χ1n) is 8.21. The van der Waals surface area contributed by atoms with Gasteiger partial charge in [0.05, 0.1) is 0 Å². The quantitative estimate of drug-likeness (QED) is 0.833. The molecular weight excluding hydrogens is 344 g/mol. The summed E-state index contributed by atoms with van der Waals surface area (Å²) in [7, 11) is 0. The zero-order chi connectivity index (χ0) is 16.5. The minimum atomic E-state index is 0. The van der Waals surface area contributed by atoms with E-state index in [1.54, 1.807) is 18.2 Å². The molecule has 0 radical (unpaired) electrons. The van der Waals surface area contributed by atoms with Crippen LogP contribution in [0.25, 0.3) is 0 Å². The highest BCUT2D eigenvalue weighted by atomic mass is 35.5. The number of imidazole rings is 1. The van der Waals surface area contributed by atoms with Crippen molar-refractivity contribution in [3.8, 4) is 11.5 Å². The van der Waals surface area contributed by atoms with Crippen LogP contribution in [0.15, 0.2) is 30.6 Å². The van der Waals surface area contributed by atoms with Gasteiger partial charge in [-0.1, -0.05) is 0 Å². The molecule has 25 heavy (non-hydrogen) atoms. The molecule has 1 fully saturated rings. The Morgan fingerprint density at radius 2 is 1.92 bits per heavy atom. The van der Waals surface area contributed by atoms with Crippen LogP contribution >= 0.6 is 12.4 Å². The molecule has 2 aliphatic rings. The van der Waals surface area contributed by atoms with Crippen LogP contribution in [0.5, 0.6) is 11.5 Å². The predicted molar refractivity (Wildman–Crippen MR) is 95.8 cm³/mol. The van der Waals surface area contributed by atoms with Gasteiger partial charge >= 0.3 is 0 Å². The number of nitrogens with zero attached hydrogens (tertiary/aromatic N) is 4. The summed E-state index contributed by atoms with van der Waals surface area (Å²) in [6.45, 7) is 6.15. The highest BCUT2D eigenvalue weighted by molar-refractivity contribution is 5.95. The molecule has 7 nitrogen and oxygen atoms in total. The lowest BCUT2D eigenvalue weighted by atomic mass is 10.1. The third-order valence-electron chi connectivity index (χ3n) is 4.50. The number of benzene rings is 1. The van der Waals surface area contributed by atoms with Crippen molar-refractivity contribution in [2.24, 2.45) is 0 Å². The van der Waals surface area contributed by atoms with Crippen LogP contribution in [-0.4, -0.2) is 53.3 Å². The molecule has 134 valence electrons. The van der Waals surface area contributed by atoms with Gasteiger partial charge in [0.15, 0.2) is 11.5 Å². The Kier molecular flexibility index (Phi) is 5.03. The maximum atomic E-state index is 12.7. The van der Waals surface area contributed by atoms with Gasteiger partial charge in [-0.2, -0.15) is 0 Å². The first kappa shape index (κ1) is 17.4. The largest absolute Gasteiger partial charge is 0.454 e. The summed E-state index contributed by atoms with van der Waals surface area (Å²) in [5.41, 5.74) is 0.641. The standard InChI is InChI=1S/C17H20N4O3.ClH/c1-2-19-6-5-18-17(19)21-9-7-20(8-10-21)16(22)13-3-4-14-15(11-13)24-12-23-14;/h3-6,11H,2,7-10,12H2,1H3;1H. The molecule has 2 aromatic rings. The molecule has 8 heteroatoms. The van der Waals surface area contributed by atoms with Gasteiger partial charge in [-0.15, -0.1) is 12.4 Å². The third kappa shape index (κ3) is 3.24. The Hall–Kier alpha value is -2.41. The van der Waals surface area contributed by atoms with Crippen LogP contribution < -0.4 is 14.4 Å². The fourth-order valence-corrected chi connectivity index (χ4v) is 3.15. The summed E-state index contributed by atoms with van der Waals surface area (Å²) in [6.07, 6.45) is 3.81. The van der Waals surface area contributed by atoms with E-state index in [9.17, 15) is 4.79 Å². The average molecular weight is 365 g/mol. The SMILES string of the molecule is CCn1ccnc1N1CCN(C(=O)c2ccc3c(c2)OCO3)CC1.Cl. The molecule has 0 saturated carbocycles. The number of carbonyl (C=O) groups is 1. The number of ether oxygens (including phenoxy) is 2. The van der Waals surface area contributed by atoms with E-state index in [-0.39, 0.29) is 25.1 Å². The first-order chi connectivity index (χ1) is 11.8. The van der Waals surface area contributed by atoms with Crippen LogP contribution in [0.2, 0.25) is 0 Å². The van der Waals surface area contributed by atoms with Crippen LogP contribution in [0, 0.1) is 0 Å². The van der Waals surface area contributed by atoms with Gasteiger partial charge < -0.3 is 23.8 Å². The second kappa shape index (κ2) is 7.23. The molecule has 4 rings (SSSR count). The van der Waals surface area contributed by atoms with Crippen molar-refractivity contribution in [2.45, 2.75) is 13.5 Å². The molecule has 1 amide bonds. The fourth-order valence-electron chi connectivity index (χ4n) is 3.15. The topological polar surface area (TPSA) is 59.8 Å². The average Bonchev–Trinajstić information content (AvgIpc) is 3.29. The molecule has 1 aromatic heterocycles. The van der Waals surface area contributed by atoms with Crippen molar-refractivity contribution < 1.29 is 14.3 Å². The number of hydrogen-bond acceptors (Lipinski definition) is 5. The van der Waals surface area contributed by atoms with Crippen molar-refractivity contribution in [3.05, 3.63) is 36.2 Å². The van der Waals surface area contributed by atoms with Gasteiger partial charge in [0.1, 0.15) is 0 Å². The van der Waals surface area contributed by atoms with Crippen LogP contribution in [-0.2, 0) is 6.54 Å². The third-order valence-corrected chi connectivity index (χ3v) is 4.50. The first-order valence-corrected chi connectivity index (χ1v) is 8.21. The Morgan fingerprint density at radius 3 is 2.68 bits per heavy atom. The summed E-state index contributed by atoms with van der Waals surface area (Å²) in [5.74, 6) is 2.35. The lowest BCUT2D eigenvalue weighted by Gasteiger charge is -2.35. The van der Waals surface area contributed by atoms with Gasteiger partial charge in [-0.25, -0.2) is 4.98 Å². The maximum Gasteiger partial charge on any atom is 0.254 e. The summed E-state index contributed by atoms with van der Waals surface area (Å²) in [5, 5.41) is 0. The van der Waals surface area contributed by atoms with Crippen molar-refractivity contribution in [2.75, 3.05) is 37.9 Å². The number of aromatic nitrogens is 2. The summed E-state index contributed by atoms with van der Waals surface area (Å²) in [4.78, 5) is 21.3. The summed E-state index contributed by atoms with van der Waals surface area (Å²) in [6, 6.07) is 5.36. The zero-order valence-electron chi connectivity index (χ0n) is 14.1. The monoisotopic (exact) mass is 364 g/mol. The molecule has 0 unspecified atom stereocenters. The number of piperazine rings is 1. The number of anilines is 1. The molecule has 1 saturated heterocycles. The minimum Gasteiger partial charge on any atom is -0.454 e. The lowest BCUT2D eigenvalue weighted by Crippen LogP contribution is -2.49. The van der Waals surface area contributed by atoms with Gasteiger partial charge in [0.2, 0.25) is 12.7 Å². The number of hydrogen-bond donors (Lipinski definition) is 0. The zero-order valence-corrected chi connectivity index (χ0v) is 14.9. The van der Waals surface area contributed by atoms with E-state index >= 15 is 0 Å². The molecule has 3 heterocycles. The number of fused-ring (bicyclic) bond motifs is 1. The summed E-state index contributed by atoms with van der Waals surface area (Å²) < 4.78 is 12.8.